The van der Waals surface area contributed by atoms with Crippen molar-refractivity contribution in [1.82, 2.24) is 30.0 Å². The zero-order chi connectivity index (χ0) is 25.4. The standard InChI is InChI=1S/C28H28N6O2/c1-17-11-19(25-23-12-24(21-14-32-34(4)15-21)33-26(23)31-16-30-25)5-6-20(17)13-29-27(35)18-7-9-22(10-8-18)28(2,3)36/h5-12,14-16,36H,13H2,1-4H3,(H,29,35)(H,30,31,33). The Kier molecular flexibility index (Phi) is 5.89. The van der Waals surface area contributed by atoms with E-state index in [-0.39, 0.29) is 5.91 Å². The average Bonchev–Trinajstić information content (AvgIpc) is 3.48. The molecule has 0 fully saturated rings. The molecular formula is C28H28N6O2. The summed E-state index contributed by atoms with van der Waals surface area (Å²) in [5.74, 6) is -0.159. The van der Waals surface area contributed by atoms with Crippen LogP contribution in [0, 0.1) is 6.92 Å². The highest BCUT2D eigenvalue weighted by Crippen LogP contribution is 2.30. The molecule has 2 aromatic carbocycles. The minimum atomic E-state index is -0.941. The van der Waals surface area contributed by atoms with Crippen LogP contribution in [0.2, 0.25) is 0 Å². The molecule has 0 radical (unpaired) electrons. The molecule has 3 N–H and O–H groups in total. The summed E-state index contributed by atoms with van der Waals surface area (Å²) >= 11 is 0. The summed E-state index contributed by atoms with van der Waals surface area (Å²) < 4.78 is 1.76. The summed E-state index contributed by atoms with van der Waals surface area (Å²) in [6.07, 6.45) is 5.33. The lowest BCUT2D eigenvalue weighted by atomic mass is 9.97. The molecule has 8 nitrogen and oxygen atoms in total. The fourth-order valence-corrected chi connectivity index (χ4v) is 4.23. The van der Waals surface area contributed by atoms with Crippen molar-refractivity contribution in [1.29, 1.82) is 0 Å². The summed E-state index contributed by atoms with van der Waals surface area (Å²) in [4.78, 5) is 25.0. The predicted molar refractivity (Wildman–Crippen MR) is 139 cm³/mol. The van der Waals surface area contributed by atoms with Crippen LogP contribution in [0.3, 0.4) is 0 Å². The van der Waals surface area contributed by atoms with Crippen LogP contribution in [-0.4, -0.2) is 35.7 Å². The van der Waals surface area contributed by atoms with Crippen LogP contribution in [0.15, 0.2) is 67.3 Å². The molecule has 1 amide bonds. The highest BCUT2D eigenvalue weighted by molar-refractivity contribution is 5.95. The zero-order valence-electron chi connectivity index (χ0n) is 20.7. The van der Waals surface area contributed by atoms with E-state index in [1.54, 1.807) is 49.1 Å². The molecule has 0 spiro atoms. The van der Waals surface area contributed by atoms with Gasteiger partial charge in [-0.1, -0.05) is 24.3 Å². The lowest BCUT2D eigenvalue weighted by molar-refractivity contribution is 0.0784. The Morgan fingerprint density at radius 3 is 2.53 bits per heavy atom. The number of hydrogen-bond acceptors (Lipinski definition) is 5. The van der Waals surface area contributed by atoms with Crippen molar-refractivity contribution in [3.8, 4) is 22.5 Å². The van der Waals surface area contributed by atoms with Gasteiger partial charge in [-0.2, -0.15) is 5.10 Å². The largest absolute Gasteiger partial charge is 0.386 e. The van der Waals surface area contributed by atoms with Crippen molar-refractivity contribution in [2.45, 2.75) is 32.9 Å². The van der Waals surface area contributed by atoms with Crippen LogP contribution < -0.4 is 5.32 Å². The van der Waals surface area contributed by atoms with E-state index in [2.05, 4.69) is 31.4 Å². The monoisotopic (exact) mass is 480 g/mol. The second-order valence-electron chi connectivity index (χ2n) is 9.53. The summed E-state index contributed by atoms with van der Waals surface area (Å²) in [5, 5.41) is 18.3. The minimum absolute atomic E-state index is 0.159. The molecule has 0 saturated carbocycles. The van der Waals surface area contributed by atoms with Gasteiger partial charge in [0.05, 0.1) is 23.2 Å². The summed E-state index contributed by atoms with van der Waals surface area (Å²) in [6.45, 7) is 5.87. The molecule has 0 unspecified atom stereocenters. The number of amides is 1. The Morgan fingerprint density at radius 2 is 1.86 bits per heavy atom. The van der Waals surface area contributed by atoms with E-state index in [1.807, 2.05) is 44.6 Å². The lowest BCUT2D eigenvalue weighted by Crippen LogP contribution is -2.23. The van der Waals surface area contributed by atoms with Crippen LogP contribution in [-0.2, 0) is 19.2 Å². The number of rotatable bonds is 6. The number of aromatic nitrogens is 5. The number of benzene rings is 2. The molecule has 5 rings (SSSR count). The van der Waals surface area contributed by atoms with Gasteiger partial charge in [-0.05, 0) is 61.7 Å². The average molecular weight is 481 g/mol. The number of carbonyl (C=O) groups is 1. The van der Waals surface area contributed by atoms with E-state index in [0.717, 1.165) is 50.2 Å². The molecule has 3 aromatic heterocycles. The van der Waals surface area contributed by atoms with Gasteiger partial charge in [0.1, 0.15) is 12.0 Å². The number of aromatic amines is 1. The number of hydrogen-bond donors (Lipinski definition) is 3. The second kappa shape index (κ2) is 9.05. The molecule has 0 aliphatic heterocycles. The quantitative estimate of drug-likeness (QED) is 0.332. The summed E-state index contributed by atoms with van der Waals surface area (Å²) in [5.41, 5.74) is 6.97. The van der Waals surface area contributed by atoms with Gasteiger partial charge in [0, 0.05) is 41.9 Å². The summed E-state index contributed by atoms with van der Waals surface area (Å²) in [7, 11) is 1.89. The van der Waals surface area contributed by atoms with Crippen LogP contribution in [0.5, 0.6) is 0 Å². The smallest absolute Gasteiger partial charge is 0.251 e. The molecule has 3 heterocycles. The second-order valence-corrected chi connectivity index (χ2v) is 9.53. The van der Waals surface area contributed by atoms with Gasteiger partial charge < -0.3 is 15.4 Å². The molecular weight excluding hydrogens is 452 g/mol. The van der Waals surface area contributed by atoms with Gasteiger partial charge in [-0.25, -0.2) is 9.97 Å². The molecule has 0 aliphatic rings. The fourth-order valence-electron chi connectivity index (χ4n) is 4.23. The highest BCUT2D eigenvalue weighted by atomic mass is 16.3. The normalized spacial score (nSPS) is 11.7. The van der Waals surface area contributed by atoms with Gasteiger partial charge in [-0.15, -0.1) is 0 Å². The van der Waals surface area contributed by atoms with Gasteiger partial charge in [0.25, 0.3) is 5.91 Å². The fraction of sp³-hybridized carbons (Fsp3) is 0.214. The molecule has 0 saturated heterocycles. The molecule has 0 bridgehead atoms. The molecule has 8 heteroatoms. The molecule has 5 aromatic rings. The van der Waals surface area contributed by atoms with E-state index < -0.39 is 5.60 Å². The number of aliphatic hydroxyl groups is 1. The Bertz CT molecular complexity index is 1560. The molecule has 0 atom stereocenters. The third-order valence-corrected chi connectivity index (χ3v) is 6.35. The van der Waals surface area contributed by atoms with Crippen molar-refractivity contribution in [3.05, 3.63) is 89.5 Å². The maximum Gasteiger partial charge on any atom is 0.251 e. The van der Waals surface area contributed by atoms with Crippen molar-refractivity contribution < 1.29 is 9.90 Å². The maximum atomic E-state index is 12.6. The topological polar surface area (TPSA) is 109 Å². The van der Waals surface area contributed by atoms with Crippen LogP contribution in [0.25, 0.3) is 33.5 Å². The number of fused-ring (bicyclic) bond motifs is 1. The number of nitrogens with zero attached hydrogens (tertiary/aromatic N) is 4. The van der Waals surface area contributed by atoms with E-state index in [9.17, 15) is 9.90 Å². The SMILES string of the molecule is Cc1cc(-c2ncnc3[nH]c(-c4cnn(C)c4)cc23)ccc1CNC(=O)c1ccc(C(C)(C)O)cc1. The Morgan fingerprint density at radius 1 is 1.08 bits per heavy atom. The van der Waals surface area contributed by atoms with Gasteiger partial charge in [0.15, 0.2) is 0 Å². The first-order valence-electron chi connectivity index (χ1n) is 11.7. The third kappa shape index (κ3) is 4.63. The zero-order valence-corrected chi connectivity index (χ0v) is 20.7. The first-order chi connectivity index (χ1) is 17.2. The maximum absolute atomic E-state index is 12.6. The van der Waals surface area contributed by atoms with Crippen molar-refractivity contribution in [2.75, 3.05) is 0 Å². The van der Waals surface area contributed by atoms with Crippen LogP contribution >= 0.6 is 0 Å². The van der Waals surface area contributed by atoms with Crippen LogP contribution in [0.1, 0.15) is 40.9 Å². The number of H-pyrrole nitrogens is 1. The highest BCUT2D eigenvalue weighted by Gasteiger charge is 2.17. The van der Waals surface area contributed by atoms with E-state index >= 15 is 0 Å². The number of aryl methyl sites for hydroxylation is 2. The van der Waals surface area contributed by atoms with Crippen molar-refractivity contribution in [3.63, 3.8) is 0 Å². The predicted octanol–water partition coefficient (Wildman–Crippen LogP) is 4.49. The lowest BCUT2D eigenvalue weighted by Gasteiger charge is -2.17. The van der Waals surface area contributed by atoms with Gasteiger partial charge in [0.2, 0.25) is 0 Å². The minimum Gasteiger partial charge on any atom is -0.386 e. The van der Waals surface area contributed by atoms with Crippen LogP contribution in [0.4, 0.5) is 0 Å². The molecule has 182 valence electrons. The Balaban J connectivity index is 1.34. The van der Waals surface area contributed by atoms with E-state index in [1.165, 1.54) is 0 Å². The van der Waals surface area contributed by atoms with Gasteiger partial charge in [-0.3, -0.25) is 9.48 Å². The van der Waals surface area contributed by atoms with Crippen molar-refractivity contribution >= 4 is 16.9 Å². The molecule has 36 heavy (non-hydrogen) atoms. The Labute approximate surface area is 209 Å². The van der Waals surface area contributed by atoms with E-state index in [0.29, 0.717) is 12.1 Å². The first-order valence-corrected chi connectivity index (χ1v) is 11.7. The third-order valence-electron chi connectivity index (χ3n) is 6.35. The number of nitrogens with one attached hydrogen (secondary N) is 2. The Hall–Kier alpha value is -4.30. The number of carbonyl (C=O) groups excluding carboxylic acids is 1. The molecule has 0 aliphatic carbocycles. The summed E-state index contributed by atoms with van der Waals surface area (Å²) in [6, 6.07) is 15.2. The van der Waals surface area contributed by atoms with E-state index in [4.69, 9.17) is 0 Å². The first kappa shape index (κ1) is 23.4. The van der Waals surface area contributed by atoms with Gasteiger partial charge >= 0.3 is 0 Å². The van der Waals surface area contributed by atoms with Crippen molar-refractivity contribution in [2.24, 2.45) is 7.05 Å².